The number of aliphatic hydroxyl groups excluding tert-OH is 1. The number of nitro groups is 1. The normalized spacial score (nSPS) is 19.6. The van der Waals surface area contributed by atoms with Crippen LogP contribution in [0.15, 0.2) is 24.3 Å². The van der Waals surface area contributed by atoms with E-state index in [1.807, 2.05) is 4.90 Å². The van der Waals surface area contributed by atoms with Crippen LogP contribution < -0.4 is 10.6 Å². The first-order valence-electron chi connectivity index (χ1n) is 6.23. The van der Waals surface area contributed by atoms with Crippen molar-refractivity contribution in [1.29, 1.82) is 0 Å². The molecule has 8 heteroatoms. The highest BCUT2D eigenvalue weighted by atomic mass is 16.6. The molecule has 108 valence electrons. The lowest BCUT2D eigenvalue weighted by Gasteiger charge is -2.30. The largest absolute Gasteiger partial charge is 0.377 e. The van der Waals surface area contributed by atoms with Crippen LogP contribution >= 0.6 is 0 Å². The summed E-state index contributed by atoms with van der Waals surface area (Å²) in [6.45, 7) is 1.80. The summed E-state index contributed by atoms with van der Waals surface area (Å²) in [6.07, 6.45) is -0.630. The molecule has 0 aromatic heterocycles. The topological polar surface area (TPSA) is 108 Å². The number of carbonyl (C=O) groups excluding carboxylic acids is 1. The van der Waals surface area contributed by atoms with E-state index in [1.165, 1.54) is 18.2 Å². The SMILES string of the molecule is O=C(CN1CCNC(O)C1)Nc1cccc([N+](=O)[O-])c1. The number of benzene rings is 1. The highest BCUT2D eigenvalue weighted by molar-refractivity contribution is 5.92. The third kappa shape index (κ3) is 3.98. The van der Waals surface area contributed by atoms with Crippen molar-refractivity contribution >= 4 is 17.3 Å². The van der Waals surface area contributed by atoms with Gasteiger partial charge in [0.2, 0.25) is 5.91 Å². The maximum absolute atomic E-state index is 11.8. The summed E-state index contributed by atoms with van der Waals surface area (Å²) < 4.78 is 0. The number of nitro benzene ring substituents is 1. The fourth-order valence-electron chi connectivity index (χ4n) is 2.03. The number of anilines is 1. The van der Waals surface area contributed by atoms with Crippen LogP contribution in [0.2, 0.25) is 0 Å². The molecule has 1 atom stereocenters. The Balaban J connectivity index is 1.91. The second-order valence-electron chi connectivity index (χ2n) is 4.56. The van der Waals surface area contributed by atoms with E-state index in [0.29, 0.717) is 25.3 Å². The maximum atomic E-state index is 11.8. The lowest BCUT2D eigenvalue weighted by atomic mass is 10.2. The molecule has 1 amide bonds. The first-order valence-corrected chi connectivity index (χ1v) is 6.23. The van der Waals surface area contributed by atoms with Gasteiger partial charge in [-0.25, -0.2) is 0 Å². The second kappa shape index (κ2) is 6.42. The van der Waals surface area contributed by atoms with Crippen LogP contribution in [0.25, 0.3) is 0 Å². The van der Waals surface area contributed by atoms with Crippen molar-refractivity contribution < 1.29 is 14.8 Å². The lowest BCUT2D eigenvalue weighted by molar-refractivity contribution is -0.384. The molecule has 1 aromatic carbocycles. The van der Waals surface area contributed by atoms with Crippen LogP contribution in [-0.2, 0) is 4.79 Å². The van der Waals surface area contributed by atoms with E-state index in [4.69, 9.17) is 0 Å². The highest BCUT2D eigenvalue weighted by Gasteiger charge is 2.19. The zero-order valence-corrected chi connectivity index (χ0v) is 10.8. The zero-order chi connectivity index (χ0) is 14.5. The molecule has 0 saturated carbocycles. The quantitative estimate of drug-likeness (QED) is 0.519. The van der Waals surface area contributed by atoms with E-state index in [9.17, 15) is 20.0 Å². The van der Waals surface area contributed by atoms with Crippen LogP contribution in [0.3, 0.4) is 0 Å². The van der Waals surface area contributed by atoms with Crippen molar-refractivity contribution in [2.45, 2.75) is 6.23 Å². The molecule has 0 aliphatic carbocycles. The summed E-state index contributed by atoms with van der Waals surface area (Å²) in [4.78, 5) is 23.8. The summed E-state index contributed by atoms with van der Waals surface area (Å²) in [5, 5.41) is 25.5. The number of rotatable bonds is 4. The van der Waals surface area contributed by atoms with E-state index >= 15 is 0 Å². The number of hydrogen-bond donors (Lipinski definition) is 3. The summed E-state index contributed by atoms with van der Waals surface area (Å²) in [7, 11) is 0. The predicted octanol–water partition coefficient (Wildman–Crippen LogP) is -0.243. The number of nitrogens with one attached hydrogen (secondary N) is 2. The number of non-ortho nitro benzene ring substituents is 1. The monoisotopic (exact) mass is 280 g/mol. The number of β-amino-alcohol motifs (C(OH)–C–C–N with tert-alkyl or cyclic N) is 1. The molecule has 1 aliphatic heterocycles. The molecule has 1 fully saturated rings. The molecule has 8 nitrogen and oxygen atoms in total. The van der Waals surface area contributed by atoms with E-state index in [1.54, 1.807) is 6.07 Å². The predicted molar refractivity (Wildman–Crippen MR) is 72.2 cm³/mol. The molecule has 1 saturated heterocycles. The molecule has 1 unspecified atom stereocenters. The number of nitrogens with zero attached hydrogens (tertiary/aromatic N) is 2. The molecule has 3 N–H and O–H groups in total. The van der Waals surface area contributed by atoms with E-state index in [-0.39, 0.29) is 18.1 Å². The average Bonchev–Trinajstić information content (AvgIpc) is 2.38. The molecule has 0 spiro atoms. The Morgan fingerprint density at radius 1 is 1.60 bits per heavy atom. The Labute approximate surface area is 115 Å². The van der Waals surface area contributed by atoms with Crippen molar-refractivity contribution in [1.82, 2.24) is 10.2 Å². The summed E-state index contributed by atoms with van der Waals surface area (Å²) in [6, 6.07) is 5.78. The lowest BCUT2D eigenvalue weighted by Crippen LogP contribution is -2.52. The van der Waals surface area contributed by atoms with Gasteiger partial charge in [-0.2, -0.15) is 0 Å². The summed E-state index contributed by atoms with van der Waals surface area (Å²) >= 11 is 0. The number of piperazine rings is 1. The first-order chi connectivity index (χ1) is 9.54. The van der Waals surface area contributed by atoms with Gasteiger partial charge in [0.25, 0.3) is 5.69 Å². The van der Waals surface area contributed by atoms with Gasteiger partial charge in [-0.1, -0.05) is 6.07 Å². The summed E-state index contributed by atoms with van der Waals surface area (Å²) in [5.41, 5.74) is 0.320. The Morgan fingerprint density at radius 2 is 2.40 bits per heavy atom. The van der Waals surface area contributed by atoms with Gasteiger partial charge in [-0.3, -0.25) is 25.1 Å². The van der Waals surface area contributed by atoms with E-state index < -0.39 is 11.2 Å². The van der Waals surface area contributed by atoms with Gasteiger partial charge in [0, 0.05) is 37.5 Å². The van der Waals surface area contributed by atoms with Crippen molar-refractivity contribution in [3.8, 4) is 0 Å². The molecule has 0 radical (unpaired) electrons. The van der Waals surface area contributed by atoms with Gasteiger partial charge in [0.1, 0.15) is 6.23 Å². The molecule has 2 rings (SSSR count). The number of amides is 1. The Bertz CT molecular complexity index is 508. The Hall–Kier alpha value is -2.03. The molecule has 1 heterocycles. The fraction of sp³-hybridized carbons (Fsp3) is 0.417. The van der Waals surface area contributed by atoms with Crippen molar-refractivity contribution in [3.63, 3.8) is 0 Å². The van der Waals surface area contributed by atoms with Crippen molar-refractivity contribution in [2.75, 3.05) is 31.5 Å². The maximum Gasteiger partial charge on any atom is 0.271 e. The smallest absolute Gasteiger partial charge is 0.271 e. The average molecular weight is 280 g/mol. The van der Waals surface area contributed by atoms with Crippen LogP contribution in [0.5, 0.6) is 0 Å². The molecule has 20 heavy (non-hydrogen) atoms. The summed E-state index contributed by atoms with van der Waals surface area (Å²) in [5.74, 6) is -0.264. The molecular formula is C12H16N4O4. The van der Waals surface area contributed by atoms with Crippen LogP contribution in [0, 0.1) is 10.1 Å². The molecule has 1 aliphatic rings. The minimum absolute atomic E-state index is 0.0691. The van der Waals surface area contributed by atoms with Gasteiger partial charge in [0.15, 0.2) is 0 Å². The van der Waals surface area contributed by atoms with E-state index in [0.717, 1.165) is 0 Å². The molecule has 1 aromatic rings. The second-order valence-corrected chi connectivity index (χ2v) is 4.56. The van der Waals surface area contributed by atoms with Gasteiger partial charge < -0.3 is 10.4 Å². The molecule has 0 bridgehead atoms. The van der Waals surface area contributed by atoms with E-state index in [2.05, 4.69) is 10.6 Å². The zero-order valence-electron chi connectivity index (χ0n) is 10.8. The van der Waals surface area contributed by atoms with Crippen LogP contribution in [0.1, 0.15) is 0 Å². The highest BCUT2D eigenvalue weighted by Crippen LogP contribution is 2.16. The number of aliphatic hydroxyl groups is 1. The first kappa shape index (κ1) is 14.4. The van der Waals surface area contributed by atoms with Gasteiger partial charge >= 0.3 is 0 Å². The van der Waals surface area contributed by atoms with Crippen LogP contribution in [0.4, 0.5) is 11.4 Å². The van der Waals surface area contributed by atoms with Gasteiger partial charge in [-0.05, 0) is 6.07 Å². The Morgan fingerprint density at radius 3 is 3.10 bits per heavy atom. The number of hydrogen-bond acceptors (Lipinski definition) is 6. The third-order valence-corrected chi connectivity index (χ3v) is 2.95. The van der Waals surface area contributed by atoms with Gasteiger partial charge in [-0.15, -0.1) is 0 Å². The van der Waals surface area contributed by atoms with Gasteiger partial charge in [0.05, 0.1) is 11.5 Å². The molecular weight excluding hydrogens is 264 g/mol. The third-order valence-electron chi connectivity index (χ3n) is 2.95. The van der Waals surface area contributed by atoms with Crippen LogP contribution in [-0.4, -0.2) is 53.2 Å². The fourth-order valence-corrected chi connectivity index (χ4v) is 2.03. The van der Waals surface area contributed by atoms with Crippen molar-refractivity contribution in [3.05, 3.63) is 34.4 Å². The standard InChI is InChI=1S/C12H16N4O4/c17-11-7-15(5-4-13-11)8-12(18)14-9-2-1-3-10(6-9)16(19)20/h1-3,6,11,13,17H,4-5,7-8H2,(H,14,18). The number of carbonyl (C=O) groups is 1. The Kier molecular flexibility index (Phi) is 4.61. The minimum atomic E-state index is -0.630. The van der Waals surface area contributed by atoms with Crippen molar-refractivity contribution in [2.24, 2.45) is 0 Å². The minimum Gasteiger partial charge on any atom is -0.377 e.